The molecule has 3 rings (SSSR count). The maximum atomic E-state index is 12.4. The van der Waals surface area contributed by atoms with Crippen LogP contribution in [0, 0.1) is 0 Å². The molecule has 0 saturated carbocycles. The number of carbonyl (C=O) groups excluding carboxylic acids is 2. The highest BCUT2D eigenvalue weighted by molar-refractivity contribution is 5.98. The molecule has 1 heterocycles. The summed E-state index contributed by atoms with van der Waals surface area (Å²) in [4.78, 5) is 24.5. The van der Waals surface area contributed by atoms with Crippen molar-refractivity contribution in [3.8, 4) is 5.75 Å². The van der Waals surface area contributed by atoms with Crippen LogP contribution in [0.4, 0.5) is 18.9 Å². The number of rotatable bonds is 7. The lowest BCUT2D eigenvalue weighted by Gasteiger charge is -2.12. The van der Waals surface area contributed by atoms with Gasteiger partial charge in [0, 0.05) is 24.4 Å². The van der Waals surface area contributed by atoms with Gasteiger partial charge in [-0.15, -0.1) is 0 Å². The van der Waals surface area contributed by atoms with E-state index in [0.29, 0.717) is 29.8 Å². The zero-order valence-corrected chi connectivity index (χ0v) is 16.0. The van der Waals surface area contributed by atoms with Gasteiger partial charge >= 0.3 is 6.18 Å². The zero-order valence-electron chi connectivity index (χ0n) is 16.0. The topological polar surface area (TPSA) is 76.7 Å². The summed E-state index contributed by atoms with van der Waals surface area (Å²) < 4.78 is 46.5. The Morgan fingerprint density at radius 2 is 1.90 bits per heavy atom. The quantitative estimate of drug-likeness (QED) is 0.714. The molecule has 6 nitrogen and oxygen atoms in total. The van der Waals surface area contributed by atoms with Crippen LogP contribution in [0.3, 0.4) is 0 Å². The van der Waals surface area contributed by atoms with Crippen molar-refractivity contribution >= 4 is 17.5 Å². The molecule has 2 aromatic carbocycles. The first-order chi connectivity index (χ1) is 14.3. The molecule has 2 N–H and O–H groups in total. The van der Waals surface area contributed by atoms with E-state index in [1.54, 1.807) is 36.4 Å². The van der Waals surface area contributed by atoms with Gasteiger partial charge in [-0.3, -0.25) is 9.59 Å². The SMILES string of the molecule is O=C(NCc1ccc(OCC(F)(F)F)cc1)c1cccc(NC(=O)C2CCCO2)c1. The highest BCUT2D eigenvalue weighted by Crippen LogP contribution is 2.19. The summed E-state index contributed by atoms with van der Waals surface area (Å²) in [7, 11) is 0. The molecule has 0 spiro atoms. The predicted octanol–water partition coefficient (Wildman–Crippen LogP) is 3.68. The summed E-state index contributed by atoms with van der Waals surface area (Å²) in [6, 6.07) is 12.5. The fraction of sp³-hybridized carbons (Fsp3) is 0.333. The third-order valence-corrected chi connectivity index (χ3v) is 4.39. The highest BCUT2D eigenvalue weighted by atomic mass is 19.4. The summed E-state index contributed by atoms with van der Waals surface area (Å²) in [6.45, 7) is -0.607. The van der Waals surface area contributed by atoms with Crippen LogP contribution in [-0.2, 0) is 16.1 Å². The van der Waals surface area contributed by atoms with Gasteiger partial charge in [0.25, 0.3) is 11.8 Å². The lowest BCUT2D eigenvalue weighted by atomic mass is 10.1. The summed E-state index contributed by atoms with van der Waals surface area (Å²) in [5, 5.41) is 5.47. The Kier molecular flexibility index (Phi) is 6.94. The Morgan fingerprint density at radius 3 is 2.57 bits per heavy atom. The van der Waals surface area contributed by atoms with Crippen molar-refractivity contribution in [1.82, 2.24) is 5.32 Å². The molecule has 30 heavy (non-hydrogen) atoms. The van der Waals surface area contributed by atoms with Crippen molar-refractivity contribution in [2.75, 3.05) is 18.5 Å². The van der Waals surface area contributed by atoms with Crippen molar-refractivity contribution in [2.45, 2.75) is 31.7 Å². The maximum absolute atomic E-state index is 12.4. The van der Waals surface area contributed by atoms with Crippen molar-refractivity contribution < 1.29 is 32.2 Å². The van der Waals surface area contributed by atoms with Crippen LogP contribution in [0.5, 0.6) is 5.75 Å². The molecule has 0 radical (unpaired) electrons. The van der Waals surface area contributed by atoms with Crippen molar-refractivity contribution in [3.05, 3.63) is 59.7 Å². The molecule has 1 saturated heterocycles. The second-order valence-electron chi connectivity index (χ2n) is 6.80. The summed E-state index contributed by atoms with van der Waals surface area (Å²) >= 11 is 0. The van der Waals surface area contributed by atoms with E-state index < -0.39 is 18.9 Å². The molecule has 1 aliphatic rings. The number of alkyl halides is 3. The maximum Gasteiger partial charge on any atom is 0.422 e. The van der Waals surface area contributed by atoms with E-state index in [4.69, 9.17) is 4.74 Å². The molecule has 0 bridgehead atoms. The van der Waals surface area contributed by atoms with Gasteiger partial charge in [-0.2, -0.15) is 13.2 Å². The van der Waals surface area contributed by atoms with E-state index in [1.807, 2.05) is 0 Å². The summed E-state index contributed by atoms with van der Waals surface area (Å²) in [5.74, 6) is -0.490. The molecule has 1 fully saturated rings. The highest BCUT2D eigenvalue weighted by Gasteiger charge is 2.28. The smallest absolute Gasteiger partial charge is 0.422 e. The first-order valence-electron chi connectivity index (χ1n) is 9.39. The summed E-state index contributed by atoms with van der Waals surface area (Å²) in [6.07, 6.45) is -3.35. The third kappa shape index (κ3) is 6.48. The van der Waals surface area contributed by atoms with Gasteiger partial charge in [-0.05, 0) is 48.7 Å². The minimum Gasteiger partial charge on any atom is -0.484 e. The molecule has 160 valence electrons. The molecule has 0 aromatic heterocycles. The number of hydrogen-bond acceptors (Lipinski definition) is 4. The van der Waals surface area contributed by atoms with Gasteiger partial charge in [0.1, 0.15) is 11.9 Å². The van der Waals surface area contributed by atoms with Gasteiger partial charge in [0.2, 0.25) is 0 Å². The average molecular weight is 422 g/mol. The van der Waals surface area contributed by atoms with Gasteiger partial charge in [-0.25, -0.2) is 0 Å². The van der Waals surface area contributed by atoms with E-state index in [1.165, 1.54) is 12.1 Å². The zero-order chi connectivity index (χ0) is 21.6. The van der Waals surface area contributed by atoms with E-state index in [0.717, 1.165) is 6.42 Å². The minimum atomic E-state index is -4.40. The summed E-state index contributed by atoms with van der Waals surface area (Å²) in [5.41, 5.74) is 1.56. The molecule has 2 amide bonds. The first-order valence-corrected chi connectivity index (χ1v) is 9.39. The second-order valence-corrected chi connectivity index (χ2v) is 6.80. The number of halogens is 3. The van der Waals surface area contributed by atoms with Crippen LogP contribution in [-0.4, -0.2) is 37.3 Å². The monoisotopic (exact) mass is 422 g/mol. The standard InChI is InChI=1S/C21H21F3N2O4/c22-21(23,24)13-30-17-8-6-14(7-9-17)12-25-19(27)15-3-1-4-16(11-15)26-20(28)18-5-2-10-29-18/h1,3-4,6-9,11,18H,2,5,10,12-13H2,(H,25,27)(H,26,28). The van der Waals surface area contributed by atoms with Crippen molar-refractivity contribution in [2.24, 2.45) is 0 Å². The van der Waals surface area contributed by atoms with Gasteiger partial charge in [0.05, 0.1) is 0 Å². The number of amides is 2. The van der Waals surface area contributed by atoms with Gasteiger partial charge in [-0.1, -0.05) is 18.2 Å². The predicted molar refractivity (Wildman–Crippen MR) is 103 cm³/mol. The Hall–Kier alpha value is -3.07. The number of nitrogens with one attached hydrogen (secondary N) is 2. The van der Waals surface area contributed by atoms with Gasteiger partial charge < -0.3 is 20.1 Å². The first kappa shape index (κ1) is 21.6. The van der Waals surface area contributed by atoms with E-state index in [2.05, 4.69) is 15.4 Å². The Balaban J connectivity index is 1.51. The fourth-order valence-electron chi connectivity index (χ4n) is 2.90. The molecule has 1 unspecified atom stereocenters. The van der Waals surface area contributed by atoms with E-state index >= 15 is 0 Å². The number of carbonyl (C=O) groups is 2. The number of anilines is 1. The van der Waals surface area contributed by atoms with E-state index in [-0.39, 0.29) is 24.1 Å². The van der Waals surface area contributed by atoms with Crippen LogP contribution in [0.25, 0.3) is 0 Å². The number of ether oxygens (including phenoxy) is 2. The largest absolute Gasteiger partial charge is 0.484 e. The fourth-order valence-corrected chi connectivity index (χ4v) is 2.90. The molecular formula is C21H21F3N2O4. The molecule has 9 heteroatoms. The molecule has 1 atom stereocenters. The number of hydrogen-bond donors (Lipinski definition) is 2. The Bertz CT molecular complexity index is 879. The molecule has 0 aliphatic carbocycles. The lowest BCUT2D eigenvalue weighted by Crippen LogP contribution is -2.27. The van der Waals surface area contributed by atoms with E-state index in [9.17, 15) is 22.8 Å². The van der Waals surface area contributed by atoms with Crippen molar-refractivity contribution in [1.29, 1.82) is 0 Å². The van der Waals surface area contributed by atoms with Crippen LogP contribution in [0.1, 0.15) is 28.8 Å². The number of benzene rings is 2. The van der Waals surface area contributed by atoms with Crippen LogP contribution in [0.15, 0.2) is 48.5 Å². The molecular weight excluding hydrogens is 401 g/mol. The normalized spacial score (nSPS) is 16.2. The lowest BCUT2D eigenvalue weighted by molar-refractivity contribution is -0.153. The van der Waals surface area contributed by atoms with Crippen LogP contribution in [0.2, 0.25) is 0 Å². The molecule has 1 aliphatic heterocycles. The second kappa shape index (κ2) is 9.62. The average Bonchev–Trinajstić information content (AvgIpc) is 3.26. The van der Waals surface area contributed by atoms with Gasteiger partial charge in [0.15, 0.2) is 6.61 Å². The third-order valence-electron chi connectivity index (χ3n) is 4.39. The van der Waals surface area contributed by atoms with Crippen LogP contribution < -0.4 is 15.4 Å². The van der Waals surface area contributed by atoms with Crippen molar-refractivity contribution in [3.63, 3.8) is 0 Å². The minimum absolute atomic E-state index is 0.0945. The van der Waals surface area contributed by atoms with Crippen LogP contribution >= 0.6 is 0 Å². The Labute approximate surface area is 171 Å². The molecule has 2 aromatic rings. The Morgan fingerprint density at radius 1 is 1.13 bits per heavy atom.